The molecule has 0 amide bonds. The van der Waals surface area contributed by atoms with E-state index in [0.29, 0.717) is 0 Å². The molecular formula is C21H31IN4O. The summed E-state index contributed by atoms with van der Waals surface area (Å²) in [6.07, 6.45) is 0.969. The second-order valence-electron chi connectivity index (χ2n) is 6.37. The van der Waals surface area contributed by atoms with E-state index in [9.17, 15) is 0 Å². The number of halogens is 1. The molecule has 0 aromatic heterocycles. The Morgan fingerprint density at radius 1 is 1.04 bits per heavy atom. The molecule has 0 aliphatic rings. The zero-order valence-corrected chi connectivity index (χ0v) is 18.9. The van der Waals surface area contributed by atoms with Crippen molar-refractivity contribution in [3.8, 4) is 5.75 Å². The lowest BCUT2D eigenvalue weighted by atomic mass is 10.1. The topological polar surface area (TPSA) is 48.9 Å². The van der Waals surface area contributed by atoms with Crippen LogP contribution in [0.1, 0.15) is 17.2 Å². The molecule has 148 valence electrons. The molecule has 2 N–H and O–H groups in total. The van der Waals surface area contributed by atoms with Crippen molar-refractivity contribution < 1.29 is 4.74 Å². The minimum atomic E-state index is 0. The van der Waals surface area contributed by atoms with Gasteiger partial charge >= 0.3 is 0 Å². The molecule has 1 atom stereocenters. The summed E-state index contributed by atoms with van der Waals surface area (Å²) < 4.78 is 5.25. The Morgan fingerprint density at radius 2 is 1.70 bits per heavy atom. The number of likely N-dealkylation sites (N-methyl/N-ethyl adjacent to an activating group) is 1. The van der Waals surface area contributed by atoms with Gasteiger partial charge in [0.2, 0.25) is 0 Å². The molecule has 0 aliphatic heterocycles. The molecule has 0 saturated heterocycles. The van der Waals surface area contributed by atoms with E-state index in [1.807, 2.05) is 18.2 Å². The average molecular weight is 482 g/mol. The fourth-order valence-electron chi connectivity index (χ4n) is 2.81. The van der Waals surface area contributed by atoms with E-state index in [4.69, 9.17) is 4.74 Å². The van der Waals surface area contributed by atoms with Crippen LogP contribution in [0.25, 0.3) is 0 Å². The van der Waals surface area contributed by atoms with Crippen LogP contribution in [0, 0.1) is 0 Å². The van der Waals surface area contributed by atoms with Crippen molar-refractivity contribution in [1.29, 1.82) is 0 Å². The summed E-state index contributed by atoms with van der Waals surface area (Å²) in [5.41, 5.74) is 2.56. The lowest BCUT2D eigenvalue weighted by Gasteiger charge is -2.26. The molecule has 6 heteroatoms. The van der Waals surface area contributed by atoms with Crippen LogP contribution in [-0.2, 0) is 6.42 Å². The lowest BCUT2D eigenvalue weighted by Crippen LogP contribution is -2.42. The molecule has 0 radical (unpaired) electrons. The van der Waals surface area contributed by atoms with Gasteiger partial charge in [-0.3, -0.25) is 4.99 Å². The summed E-state index contributed by atoms with van der Waals surface area (Å²) in [5, 5.41) is 6.81. The van der Waals surface area contributed by atoms with E-state index in [1.54, 1.807) is 14.2 Å². The van der Waals surface area contributed by atoms with Gasteiger partial charge in [0, 0.05) is 20.1 Å². The Hall–Kier alpha value is -1.80. The van der Waals surface area contributed by atoms with Gasteiger partial charge in [-0.2, -0.15) is 0 Å². The molecule has 0 fully saturated rings. The van der Waals surface area contributed by atoms with Crippen molar-refractivity contribution in [2.75, 3.05) is 41.3 Å². The summed E-state index contributed by atoms with van der Waals surface area (Å²) in [5.74, 6) is 1.69. The third-order valence-corrected chi connectivity index (χ3v) is 4.36. The fourth-order valence-corrected chi connectivity index (χ4v) is 2.81. The summed E-state index contributed by atoms with van der Waals surface area (Å²) >= 11 is 0. The Morgan fingerprint density at radius 3 is 2.26 bits per heavy atom. The highest BCUT2D eigenvalue weighted by Crippen LogP contribution is 2.20. The maximum Gasteiger partial charge on any atom is 0.191 e. The maximum absolute atomic E-state index is 5.25. The number of hydrogen-bond donors (Lipinski definition) is 2. The van der Waals surface area contributed by atoms with Crippen molar-refractivity contribution >= 4 is 29.9 Å². The first-order chi connectivity index (χ1) is 12.6. The largest absolute Gasteiger partial charge is 0.497 e. The molecule has 2 aromatic carbocycles. The zero-order chi connectivity index (χ0) is 18.8. The van der Waals surface area contributed by atoms with Crippen LogP contribution >= 0.6 is 24.0 Å². The minimum absolute atomic E-state index is 0. The summed E-state index contributed by atoms with van der Waals surface area (Å²) in [7, 11) is 7.66. The predicted octanol–water partition coefficient (Wildman–Crippen LogP) is 3.32. The van der Waals surface area contributed by atoms with Crippen LogP contribution in [0.3, 0.4) is 0 Å². The minimum Gasteiger partial charge on any atom is -0.497 e. The van der Waals surface area contributed by atoms with E-state index in [2.05, 4.69) is 71.0 Å². The van der Waals surface area contributed by atoms with Gasteiger partial charge in [-0.25, -0.2) is 0 Å². The highest BCUT2D eigenvalue weighted by Gasteiger charge is 2.14. The Bertz CT molecular complexity index is 674. The van der Waals surface area contributed by atoms with Crippen LogP contribution in [0.2, 0.25) is 0 Å². The summed E-state index contributed by atoms with van der Waals surface area (Å²) in [6, 6.07) is 18.9. The van der Waals surface area contributed by atoms with Gasteiger partial charge < -0.3 is 20.3 Å². The normalized spacial score (nSPS) is 12.3. The zero-order valence-electron chi connectivity index (χ0n) is 16.6. The lowest BCUT2D eigenvalue weighted by molar-refractivity contribution is 0.298. The second-order valence-corrected chi connectivity index (χ2v) is 6.37. The second kappa shape index (κ2) is 12.6. The first kappa shape index (κ1) is 23.2. The van der Waals surface area contributed by atoms with Gasteiger partial charge in [-0.15, -0.1) is 24.0 Å². The van der Waals surface area contributed by atoms with E-state index in [1.165, 1.54) is 11.1 Å². The van der Waals surface area contributed by atoms with Crippen molar-refractivity contribution in [2.24, 2.45) is 4.99 Å². The van der Waals surface area contributed by atoms with Gasteiger partial charge in [0.1, 0.15) is 5.75 Å². The molecule has 27 heavy (non-hydrogen) atoms. The monoisotopic (exact) mass is 482 g/mol. The maximum atomic E-state index is 5.25. The fraction of sp³-hybridized carbons (Fsp3) is 0.381. The van der Waals surface area contributed by atoms with E-state index in [-0.39, 0.29) is 30.0 Å². The Balaban J connectivity index is 0.00000364. The molecule has 1 unspecified atom stereocenters. The molecule has 0 bridgehead atoms. The first-order valence-electron chi connectivity index (χ1n) is 8.93. The molecule has 0 aliphatic carbocycles. The molecular weight excluding hydrogens is 451 g/mol. The predicted molar refractivity (Wildman–Crippen MR) is 124 cm³/mol. The highest BCUT2D eigenvalue weighted by molar-refractivity contribution is 14.0. The molecule has 0 heterocycles. The van der Waals surface area contributed by atoms with Gasteiger partial charge in [-0.05, 0) is 43.8 Å². The van der Waals surface area contributed by atoms with Crippen LogP contribution in [0.15, 0.2) is 59.6 Å². The molecule has 5 nitrogen and oxygen atoms in total. The van der Waals surface area contributed by atoms with Gasteiger partial charge in [0.25, 0.3) is 0 Å². The molecule has 0 spiro atoms. The smallest absolute Gasteiger partial charge is 0.191 e. The van der Waals surface area contributed by atoms with Crippen molar-refractivity contribution in [1.82, 2.24) is 15.5 Å². The average Bonchev–Trinajstić information content (AvgIpc) is 2.67. The number of hydrogen-bond acceptors (Lipinski definition) is 3. The Kier molecular flexibility index (Phi) is 10.8. The number of rotatable bonds is 8. The van der Waals surface area contributed by atoms with Crippen LogP contribution in [0.4, 0.5) is 0 Å². The number of nitrogens with zero attached hydrogens (tertiary/aromatic N) is 2. The molecule has 0 saturated carbocycles. The molecule has 2 rings (SSSR count). The number of methoxy groups -OCH3 is 1. The standard InChI is InChI=1S/C21H30N4O.HI/c1-22-21(23-15-14-17-8-6-5-7-9-17)24-16-20(25(2)3)18-10-12-19(26-4)13-11-18;/h5-13,20H,14-16H2,1-4H3,(H2,22,23,24);1H. The highest BCUT2D eigenvalue weighted by atomic mass is 127. The van der Waals surface area contributed by atoms with Gasteiger partial charge in [-0.1, -0.05) is 42.5 Å². The van der Waals surface area contributed by atoms with E-state index < -0.39 is 0 Å². The number of nitrogens with one attached hydrogen (secondary N) is 2. The third kappa shape index (κ3) is 7.76. The summed E-state index contributed by atoms with van der Waals surface area (Å²) in [4.78, 5) is 6.53. The van der Waals surface area contributed by atoms with Gasteiger partial charge in [0.15, 0.2) is 5.96 Å². The van der Waals surface area contributed by atoms with E-state index >= 15 is 0 Å². The number of aliphatic imine (C=N–C) groups is 1. The third-order valence-electron chi connectivity index (χ3n) is 4.36. The quantitative estimate of drug-likeness (QED) is 0.345. The van der Waals surface area contributed by atoms with Crippen LogP contribution < -0.4 is 15.4 Å². The van der Waals surface area contributed by atoms with Crippen LogP contribution in [0.5, 0.6) is 5.75 Å². The number of ether oxygens (including phenoxy) is 1. The number of guanidine groups is 1. The first-order valence-corrected chi connectivity index (χ1v) is 8.93. The molecule has 2 aromatic rings. The van der Waals surface area contributed by atoms with Crippen molar-refractivity contribution in [2.45, 2.75) is 12.5 Å². The summed E-state index contributed by atoms with van der Waals surface area (Å²) in [6.45, 7) is 1.61. The van der Waals surface area contributed by atoms with Crippen molar-refractivity contribution in [3.05, 3.63) is 65.7 Å². The van der Waals surface area contributed by atoms with Crippen LogP contribution in [-0.4, -0.2) is 52.2 Å². The number of benzene rings is 2. The van der Waals surface area contributed by atoms with E-state index in [0.717, 1.165) is 31.2 Å². The van der Waals surface area contributed by atoms with Gasteiger partial charge in [0.05, 0.1) is 13.2 Å². The Labute approximate surface area is 180 Å². The van der Waals surface area contributed by atoms with Crippen molar-refractivity contribution in [3.63, 3.8) is 0 Å². The SMILES string of the molecule is CN=C(NCCc1ccccc1)NCC(c1ccc(OC)cc1)N(C)C.I.